The molecule has 0 spiro atoms. The third-order valence-electron chi connectivity index (χ3n) is 5.22. The maximum absolute atomic E-state index is 11.4. The molecule has 0 amide bonds. The Labute approximate surface area is 171 Å². The van der Waals surface area contributed by atoms with Gasteiger partial charge in [0, 0.05) is 54.6 Å². The second-order valence-corrected chi connectivity index (χ2v) is 8.50. The van der Waals surface area contributed by atoms with Crippen molar-refractivity contribution in [3.63, 3.8) is 0 Å². The van der Waals surface area contributed by atoms with Gasteiger partial charge in [-0.25, -0.2) is 8.42 Å². The number of nitrogens with one attached hydrogen (secondary N) is 2. The molecule has 2 aliphatic rings. The standard InChI is InChI=1S/C20H24ClN3O3S/c21-15-2-4-20-17(11-15)18(5-10-27-20)23-19-12-16(24-8-6-22-7-9-24)3-1-14(19)13-28(25)26/h1-4,11-12,18,22-23,28H,5-10,13H2. The normalized spacial score (nSPS) is 19.2. The van der Waals surface area contributed by atoms with Crippen molar-refractivity contribution >= 4 is 33.7 Å². The van der Waals surface area contributed by atoms with E-state index in [-0.39, 0.29) is 11.8 Å². The molecular formula is C20H24ClN3O3S. The van der Waals surface area contributed by atoms with Crippen molar-refractivity contribution in [3.05, 3.63) is 52.5 Å². The van der Waals surface area contributed by atoms with Gasteiger partial charge in [-0.2, -0.15) is 0 Å². The number of hydrogen-bond donors (Lipinski definition) is 3. The van der Waals surface area contributed by atoms with Crippen LogP contribution < -0.4 is 20.3 Å². The number of ether oxygens (including phenoxy) is 1. The fraction of sp³-hybridized carbons (Fsp3) is 0.400. The number of anilines is 2. The summed E-state index contributed by atoms with van der Waals surface area (Å²) in [7, 11) is -2.51. The second kappa shape index (κ2) is 8.59. The Kier molecular flexibility index (Phi) is 5.94. The molecule has 6 nitrogen and oxygen atoms in total. The number of fused-ring (bicyclic) bond motifs is 1. The maximum atomic E-state index is 11.4. The lowest BCUT2D eigenvalue weighted by Crippen LogP contribution is -2.43. The van der Waals surface area contributed by atoms with E-state index in [1.165, 1.54) is 0 Å². The van der Waals surface area contributed by atoms with Gasteiger partial charge in [0.05, 0.1) is 18.4 Å². The molecule has 2 aromatic rings. The molecule has 1 atom stereocenters. The molecule has 0 aliphatic carbocycles. The lowest BCUT2D eigenvalue weighted by atomic mass is 9.99. The van der Waals surface area contributed by atoms with Gasteiger partial charge in [0.15, 0.2) is 0 Å². The van der Waals surface area contributed by atoms with E-state index in [0.717, 1.165) is 60.9 Å². The summed E-state index contributed by atoms with van der Waals surface area (Å²) in [5, 5.41) is 7.58. The van der Waals surface area contributed by atoms with Crippen LogP contribution >= 0.6 is 11.6 Å². The van der Waals surface area contributed by atoms with Crippen LogP contribution in [0.3, 0.4) is 0 Å². The highest BCUT2D eigenvalue weighted by atomic mass is 35.5. The Morgan fingerprint density at radius 3 is 2.79 bits per heavy atom. The van der Waals surface area contributed by atoms with Gasteiger partial charge in [-0.05, 0) is 35.9 Å². The minimum absolute atomic E-state index is 0.0176. The van der Waals surface area contributed by atoms with Crippen LogP contribution in [-0.4, -0.2) is 41.2 Å². The number of benzene rings is 2. The molecule has 2 N–H and O–H groups in total. The van der Waals surface area contributed by atoms with E-state index in [2.05, 4.69) is 21.6 Å². The average Bonchev–Trinajstić information content (AvgIpc) is 2.70. The van der Waals surface area contributed by atoms with E-state index in [4.69, 9.17) is 16.3 Å². The van der Waals surface area contributed by atoms with Gasteiger partial charge in [-0.1, -0.05) is 17.7 Å². The lowest BCUT2D eigenvalue weighted by Gasteiger charge is -2.31. The van der Waals surface area contributed by atoms with Crippen molar-refractivity contribution in [2.45, 2.75) is 18.2 Å². The van der Waals surface area contributed by atoms with Gasteiger partial charge >= 0.3 is 0 Å². The lowest BCUT2D eigenvalue weighted by molar-refractivity contribution is 0.274. The second-order valence-electron chi connectivity index (χ2n) is 7.09. The number of nitrogens with zero attached hydrogens (tertiary/aromatic N) is 1. The molecule has 0 saturated carbocycles. The van der Waals surface area contributed by atoms with Crippen molar-refractivity contribution in [2.24, 2.45) is 0 Å². The minimum Gasteiger partial charge on any atom is -0.493 e. The van der Waals surface area contributed by atoms with Crippen molar-refractivity contribution in [1.29, 1.82) is 0 Å². The predicted molar refractivity (Wildman–Crippen MR) is 113 cm³/mol. The maximum Gasteiger partial charge on any atom is 0.144 e. The zero-order valence-corrected chi connectivity index (χ0v) is 17.1. The largest absolute Gasteiger partial charge is 0.493 e. The summed E-state index contributed by atoms with van der Waals surface area (Å²) in [6.07, 6.45) is 0.786. The van der Waals surface area contributed by atoms with E-state index >= 15 is 0 Å². The van der Waals surface area contributed by atoms with Crippen LogP contribution in [0.2, 0.25) is 5.02 Å². The SMILES string of the molecule is O=[SH](=O)Cc1ccc(N2CCNCC2)cc1NC1CCOc2ccc(Cl)cc21. The predicted octanol–water partition coefficient (Wildman–Crippen LogP) is 2.80. The highest BCUT2D eigenvalue weighted by Crippen LogP contribution is 2.37. The smallest absolute Gasteiger partial charge is 0.144 e. The molecule has 2 heterocycles. The summed E-state index contributed by atoms with van der Waals surface area (Å²) in [4.78, 5) is 2.32. The fourth-order valence-electron chi connectivity index (χ4n) is 3.80. The number of hydrogen-bond acceptors (Lipinski definition) is 6. The number of thiol groups is 1. The van der Waals surface area contributed by atoms with E-state index in [9.17, 15) is 8.42 Å². The molecule has 28 heavy (non-hydrogen) atoms. The summed E-state index contributed by atoms with van der Waals surface area (Å²) in [5.74, 6) is 0.841. The van der Waals surface area contributed by atoms with Gasteiger partial charge in [-0.15, -0.1) is 0 Å². The minimum atomic E-state index is -2.51. The molecule has 4 rings (SSSR count). The molecule has 1 saturated heterocycles. The molecule has 8 heteroatoms. The van der Waals surface area contributed by atoms with Crippen molar-refractivity contribution in [3.8, 4) is 5.75 Å². The van der Waals surface area contributed by atoms with E-state index in [1.807, 2.05) is 30.3 Å². The zero-order valence-electron chi connectivity index (χ0n) is 15.5. The highest BCUT2D eigenvalue weighted by Gasteiger charge is 2.23. The molecule has 1 unspecified atom stereocenters. The monoisotopic (exact) mass is 421 g/mol. The highest BCUT2D eigenvalue weighted by molar-refractivity contribution is 7.71. The summed E-state index contributed by atoms with van der Waals surface area (Å²) in [6.45, 7) is 4.37. The molecular weight excluding hydrogens is 398 g/mol. The molecule has 0 bridgehead atoms. The Morgan fingerprint density at radius 2 is 2.00 bits per heavy atom. The summed E-state index contributed by atoms with van der Waals surface area (Å²) in [6, 6.07) is 11.6. The molecule has 0 radical (unpaired) electrons. The first-order valence-corrected chi connectivity index (χ1v) is 11.2. The van der Waals surface area contributed by atoms with Gasteiger partial charge in [0.1, 0.15) is 16.5 Å². The van der Waals surface area contributed by atoms with Crippen LogP contribution in [0.4, 0.5) is 11.4 Å². The third kappa shape index (κ3) is 4.37. The van der Waals surface area contributed by atoms with E-state index in [0.29, 0.717) is 11.6 Å². The Balaban J connectivity index is 1.66. The summed E-state index contributed by atoms with van der Waals surface area (Å²) < 4.78 is 28.5. The molecule has 2 aromatic carbocycles. The summed E-state index contributed by atoms with van der Waals surface area (Å²) >= 11 is 6.20. The Morgan fingerprint density at radius 1 is 1.18 bits per heavy atom. The van der Waals surface area contributed by atoms with Crippen molar-refractivity contribution in [2.75, 3.05) is 43.0 Å². The van der Waals surface area contributed by atoms with Crippen LogP contribution in [0, 0.1) is 0 Å². The fourth-order valence-corrected chi connectivity index (χ4v) is 4.53. The van der Waals surface area contributed by atoms with Crippen molar-refractivity contribution in [1.82, 2.24) is 5.32 Å². The van der Waals surface area contributed by atoms with Gasteiger partial charge in [-0.3, -0.25) is 0 Å². The van der Waals surface area contributed by atoms with Gasteiger partial charge in [0.2, 0.25) is 0 Å². The van der Waals surface area contributed by atoms with Crippen LogP contribution in [0.1, 0.15) is 23.6 Å². The first-order valence-electron chi connectivity index (χ1n) is 9.49. The van der Waals surface area contributed by atoms with Crippen LogP contribution in [-0.2, 0) is 16.5 Å². The molecule has 2 aliphatic heterocycles. The first-order chi connectivity index (χ1) is 13.6. The van der Waals surface area contributed by atoms with E-state index in [1.54, 1.807) is 0 Å². The van der Waals surface area contributed by atoms with E-state index < -0.39 is 10.7 Å². The van der Waals surface area contributed by atoms with Crippen LogP contribution in [0.25, 0.3) is 0 Å². The third-order valence-corrected chi connectivity index (χ3v) is 6.05. The molecule has 0 aromatic heterocycles. The first kappa shape index (κ1) is 19.4. The zero-order chi connectivity index (χ0) is 19.5. The van der Waals surface area contributed by atoms with Crippen LogP contribution in [0.15, 0.2) is 36.4 Å². The molecule has 150 valence electrons. The summed E-state index contributed by atoms with van der Waals surface area (Å²) in [5.41, 5.74) is 3.74. The molecule has 1 fully saturated rings. The van der Waals surface area contributed by atoms with Gasteiger partial charge < -0.3 is 20.3 Å². The average molecular weight is 422 g/mol. The number of halogens is 1. The Hall–Kier alpha value is -1.96. The van der Waals surface area contributed by atoms with Crippen LogP contribution in [0.5, 0.6) is 5.75 Å². The van der Waals surface area contributed by atoms with Crippen molar-refractivity contribution < 1.29 is 13.2 Å². The quantitative estimate of drug-likeness (QED) is 0.645. The topological polar surface area (TPSA) is 70.7 Å². The number of rotatable bonds is 5. The number of piperazine rings is 1. The van der Waals surface area contributed by atoms with Gasteiger partial charge in [0.25, 0.3) is 0 Å². The Bertz CT molecular complexity index is 921.